The molecule has 144 valence electrons. The maximum absolute atomic E-state index is 13.0. The highest BCUT2D eigenvalue weighted by molar-refractivity contribution is 5.93. The van der Waals surface area contributed by atoms with Crippen molar-refractivity contribution in [2.45, 2.75) is 18.8 Å². The molecule has 0 unspecified atom stereocenters. The summed E-state index contributed by atoms with van der Waals surface area (Å²) in [6.07, 6.45) is 8.43. The highest BCUT2D eigenvalue weighted by Gasteiger charge is 2.29. The number of carbonyl (C=O) groups is 1. The SMILES string of the molecule is O=C(c1cnc(-c2cccnc2)nc1)N1CCC[C@H](c2nc3ccccc3o2)C1. The summed E-state index contributed by atoms with van der Waals surface area (Å²) >= 11 is 0. The van der Waals surface area contributed by atoms with Crippen LogP contribution in [-0.2, 0) is 0 Å². The van der Waals surface area contributed by atoms with Crippen LogP contribution in [-0.4, -0.2) is 43.8 Å². The topological polar surface area (TPSA) is 85.0 Å². The lowest BCUT2D eigenvalue weighted by Gasteiger charge is -2.31. The van der Waals surface area contributed by atoms with Gasteiger partial charge in [-0.1, -0.05) is 12.1 Å². The van der Waals surface area contributed by atoms with E-state index in [4.69, 9.17) is 4.42 Å². The maximum atomic E-state index is 13.0. The van der Waals surface area contributed by atoms with Crippen molar-refractivity contribution in [3.05, 3.63) is 72.6 Å². The van der Waals surface area contributed by atoms with Gasteiger partial charge in [0, 0.05) is 43.4 Å². The number of para-hydroxylation sites is 2. The van der Waals surface area contributed by atoms with Gasteiger partial charge in [0.2, 0.25) is 0 Å². The molecule has 0 spiro atoms. The molecule has 0 aliphatic carbocycles. The number of piperidine rings is 1. The molecule has 0 saturated carbocycles. The molecule has 0 bridgehead atoms. The fourth-order valence-electron chi connectivity index (χ4n) is 3.69. The van der Waals surface area contributed by atoms with Gasteiger partial charge in [-0.3, -0.25) is 9.78 Å². The second-order valence-electron chi connectivity index (χ2n) is 7.15. The molecule has 3 aromatic heterocycles. The van der Waals surface area contributed by atoms with E-state index in [1.165, 1.54) is 0 Å². The van der Waals surface area contributed by atoms with Crippen LogP contribution in [0.15, 0.2) is 65.6 Å². The van der Waals surface area contributed by atoms with Gasteiger partial charge >= 0.3 is 0 Å². The van der Waals surface area contributed by atoms with Crippen LogP contribution in [0.4, 0.5) is 0 Å². The smallest absolute Gasteiger partial charge is 0.257 e. The highest BCUT2D eigenvalue weighted by atomic mass is 16.3. The number of pyridine rings is 1. The Labute approximate surface area is 167 Å². The quantitative estimate of drug-likeness (QED) is 0.535. The van der Waals surface area contributed by atoms with Crippen molar-refractivity contribution in [1.82, 2.24) is 24.8 Å². The minimum Gasteiger partial charge on any atom is -0.440 e. The van der Waals surface area contributed by atoms with E-state index in [-0.39, 0.29) is 11.8 Å². The van der Waals surface area contributed by atoms with Crippen molar-refractivity contribution < 1.29 is 9.21 Å². The standard InChI is InChI=1S/C22H19N5O2/c28-22(17-12-24-20(25-13-17)15-5-3-9-23-11-15)27-10-4-6-16(14-27)21-26-18-7-1-2-8-19(18)29-21/h1-3,5,7-9,11-13,16H,4,6,10,14H2/t16-/m0/s1. The molecule has 1 aliphatic rings. The summed E-state index contributed by atoms with van der Waals surface area (Å²) < 4.78 is 5.93. The molecule has 5 rings (SSSR count). The van der Waals surface area contributed by atoms with Gasteiger partial charge in [0.25, 0.3) is 5.91 Å². The Morgan fingerprint density at radius 2 is 1.93 bits per heavy atom. The van der Waals surface area contributed by atoms with Crippen LogP contribution in [0.25, 0.3) is 22.5 Å². The molecule has 4 aromatic rings. The monoisotopic (exact) mass is 385 g/mol. The number of rotatable bonds is 3. The third-order valence-corrected chi connectivity index (χ3v) is 5.19. The zero-order valence-electron chi connectivity index (χ0n) is 15.7. The van der Waals surface area contributed by atoms with Gasteiger partial charge in [-0.2, -0.15) is 0 Å². The van der Waals surface area contributed by atoms with Crippen LogP contribution < -0.4 is 0 Å². The first-order valence-corrected chi connectivity index (χ1v) is 9.65. The van der Waals surface area contributed by atoms with Gasteiger partial charge in [-0.05, 0) is 37.1 Å². The summed E-state index contributed by atoms with van der Waals surface area (Å²) in [5, 5.41) is 0. The van der Waals surface area contributed by atoms with Crippen LogP contribution >= 0.6 is 0 Å². The van der Waals surface area contributed by atoms with E-state index in [0.717, 1.165) is 29.5 Å². The molecular weight excluding hydrogens is 366 g/mol. The third kappa shape index (κ3) is 3.47. The van der Waals surface area contributed by atoms with Gasteiger partial charge in [0.15, 0.2) is 17.3 Å². The highest BCUT2D eigenvalue weighted by Crippen LogP contribution is 2.29. The van der Waals surface area contributed by atoms with E-state index in [0.29, 0.717) is 30.4 Å². The lowest BCUT2D eigenvalue weighted by atomic mass is 9.97. The van der Waals surface area contributed by atoms with Gasteiger partial charge in [0.05, 0.1) is 11.5 Å². The van der Waals surface area contributed by atoms with E-state index in [2.05, 4.69) is 19.9 Å². The third-order valence-electron chi connectivity index (χ3n) is 5.19. The van der Waals surface area contributed by atoms with Crippen molar-refractivity contribution in [3.63, 3.8) is 0 Å². The Balaban J connectivity index is 1.33. The fourth-order valence-corrected chi connectivity index (χ4v) is 3.69. The number of hydrogen-bond acceptors (Lipinski definition) is 6. The molecule has 1 fully saturated rings. The maximum Gasteiger partial charge on any atom is 0.257 e. The average molecular weight is 385 g/mol. The Morgan fingerprint density at radius 1 is 1.07 bits per heavy atom. The van der Waals surface area contributed by atoms with Crippen molar-refractivity contribution in [2.24, 2.45) is 0 Å². The van der Waals surface area contributed by atoms with Gasteiger partial charge in [0.1, 0.15) is 5.52 Å². The number of benzene rings is 1. The molecule has 1 aliphatic heterocycles. The van der Waals surface area contributed by atoms with Crippen LogP contribution in [0.1, 0.15) is 35.0 Å². The van der Waals surface area contributed by atoms with E-state index in [1.807, 2.05) is 41.3 Å². The van der Waals surface area contributed by atoms with Crippen molar-refractivity contribution in [1.29, 1.82) is 0 Å². The molecule has 1 aromatic carbocycles. The largest absolute Gasteiger partial charge is 0.440 e. The number of amides is 1. The van der Waals surface area contributed by atoms with Crippen LogP contribution in [0.3, 0.4) is 0 Å². The Morgan fingerprint density at radius 3 is 2.72 bits per heavy atom. The molecular formula is C22H19N5O2. The summed E-state index contributed by atoms with van der Waals surface area (Å²) in [5.41, 5.74) is 2.94. The predicted octanol–water partition coefficient (Wildman–Crippen LogP) is 3.70. The number of oxazole rings is 1. The first kappa shape index (κ1) is 17.5. The first-order valence-electron chi connectivity index (χ1n) is 9.65. The molecule has 4 heterocycles. The lowest BCUT2D eigenvalue weighted by Crippen LogP contribution is -2.39. The van der Waals surface area contributed by atoms with Crippen LogP contribution in [0.2, 0.25) is 0 Å². The van der Waals surface area contributed by atoms with E-state index < -0.39 is 0 Å². The van der Waals surface area contributed by atoms with Crippen molar-refractivity contribution in [3.8, 4) is 11.4 Å². The predicted molar refractivity (Wildman–Crippen MR) is 107 cm³/mol. The summed E-state index contributed by atoms with van der Waals surface area (Å²) in [6.45, 7) is 1.29. The summed E-state index contributed by atoms with van der Waals surface area (Å²) in [4.78, 5) is 32.2. The Kier molecular flexibility index (Phi) is 4.48. The van der Waals surface area contributed by atoms with E-state index in [9.17, 15) is 4.79 Å². The molecule has 0 radical (unpaired) electrons. The number of aromatic nitrogens is 4. The zero-order chi connectivity index (χ0) is 19.6. The molecule has 1 saturated heterocycles. The number of nitrogens with zero attached hydrogens (tertiary/aromatic N) is 5. The lowest BCUT2D eigenvalue weighted by molar-refractivity contribution is 0.0698. The average Bonchev–Trinajstić information content (AvgIpc) is 3.24. The van der Waals surface area contributed by atoms with Crippen LogP contribution in [0, 0.1) is 0 Å². The molecule has 1 amide bonds. The summed E-state index contributed by atoms with van der Waals surface area (Å²) in [5.74, 6) is 1.28. The van der Waals surface area contributed by atoms with Crippen molar-refractivity contribution in [2.75, 3.05) is 13.1 Å². The zero-order valence-corrected chi connectivity index (χ0v) is 15.7. The molecule has 7 nitrogen and oxygen atoms in total. The first-order chi connectivity index (χ1) is 14.3. The molecule has 0 N–H and O–H groups in total. The second-order valence-corrected chi connectivity index (χ2v) is 7.15. The summed E-state index contributed by atoms with van der Waals surface area (Å²) in [7, 11) is 0. The van der Waals surface area contributed by atoms with Crippen LogP contribution in [0.5, 0.6) is 0 Å². The Hall–Kier alpha value is -3.61. The summed E-state index contributed by atoms with van der Waals surface area (Å²) in [6, 6.07) is 11.5. The number of hydrogen-bond donors (Lipinski definition) is 0. The molecule has 7 heteroatoms. The fraction of sp³-hybridized carbons (Fsp3) is 0.227. The Bertz CT molecular complexity index is 1110. The minimum atomic E-state index is -0.0662. The number of carbonyl (C=O) groups excluding carboxylic acids is 1. The number of fused-ring (bicyclic) bond motifs is 1. The van der Waals surface area contributed by atoms with Gasteiger partial charge < -0.3 is 9.32 Å². The molecule has 1 atom stereocenters. The normalized spacial score (nSPS) is 16.8. The number of likely N-dealkylation sites (tertiary alicyclic amines) is 1. The van der Waals surface area contributed by atoms with E-state index >= 15 is 0 Å². The van der Waals surface area contributed by atoms with Gasteiger partial charge in [-0.25, -0.2) is 15.0 Å². The van der Waals surface area contributed by atoms with E-state index in [1.54, 1.807) is 24.8 Å². The second kappa shape index (κ2) is 7.43. The van der Waals surface area contributed by atoms with Gasteiger partial charge in [-0.15, -0.1) is 0 Å². The van der Waals surface area contributed by atoms with Crippen molar-refractivity contribution >= 4 is 17.0 Å². The minimum absolute atomic E-state index is 0.0662. The molecule has 29 heavy (non-hydrogen) atoms.